The van der Waals surface area contributed by atoms with Gasteiger partial charge in [-0.25, -0.2) is 0 Å². The lowest BCUT2D eigenvalue weighted by Crippen LogP contribution is -2.45. The summed E-state index contributed by atoms with van der Waals surface area (Å²) in [5, 5.41) is 13.2. The van der Waals surface area contributed by atoms with Gasteiger partial charge in [-0.1, -0.05) is 24.3 Å². The molecular formula is C29H22N2O9P-. The summed E-state index contributed by atoms with van der Waals surface area (Å²) >= 11 is 0. The fourth-order valence-corrected chi connectivity index (χ4v) is 4.87. The van der Waals surface area contributed by atoms with E-state index in [1.54, 1.807) is 36.4 Å². The van der Waals surface area contributed by atoms with Crippen molar-refractivity contribution in [2.45, 2.75) is 12.5 Å². The third-order valence-electron chi connectivity index (χ3n) is 6.35. The molecule has 12 heteroatoms. The van der Waals surface area contributed by atoms with Crippen LogP contribution in [0.4, 0.5) is 0 Å². The van der Waals surface area contributed by atoms with Gasteiger partial charge in [0.05, 0.1) is 0 Å². The molecular weight excluding hydrogens is 551 g/mol. The summed E-state index contributed by atoms with van der Waals surface area (Å²) in [6, 6.07) is 20.2. The molecule has 11 nitrogen and oxygen atoms in total. The molecule has 2 unspecified atom stereocenters. The first kappa shape index (κ1) is 27.6. The fourth-order valence-electron chi connectivity index (χ4n) is 4.48. The van der Waals surface area contributed by atoms with Crippen LogP contribution in [0, 0.1) is 0 Å². The van der Waals surface area contributed by atoms with Crippen LogP contribution in [0.15, 0.2) is 94.1 Å². The number of phosphoric ester groups is 1. The smallest absolute Gasteiger partial charge is 0.317 e. The monoisotopic (exact) mass is 573 g/mol. The molecule has 3 aromatic carbocycles. The molecule has 5 N–H and O–H groups in total. The Bertz CT molecular complexity index is 1840. The topological polar surface area (TPSA) is 192 Å². The molecule has 3 aromatic rings. The number of phenolic OH excluding ortho intramolecular Hbond substituents is 1. The number of aromatic hydroxyl groups is 1. The van der Waals surface area contributed by atoms with E-state index in [-0.39, 0.29) is 28.9 Å². The maximum absolute atomic E-state index is 13.0. The van der Waals surface area contributed by atoms with E-state index < -0.39 is 25.7 Å². The third kappa shape index (κ3) is 6.28. The van der Waals surface area contributed by atoms with E-state index in [1.165, 1.54) is 48.5 Å². The minimum Gasteiger partial charge on any atom is -0.746 e. The quantitative estimate of drug-likeness (QED) is 0.160. The Hall–Kier alpha value is -4.96. The highest BCUT2D eigenvalue weighted by Crippen LogP contribution is 2.40. The summed E-state index contributed by atoms with van der Waals surface area (Å²) < 4.78 is 21.1. The van der Waals surface area contributed by atoms with Crippen LogP contribution in [-0.2, 0) is 15.8 Å². The van der Waals surface area contributed by atoms with Gasteiger partial charge in [-0.15, -0.1) is 0 Å². The first-order chi connectivity index (χ1) is 19.5. The van der Waals surface area contributed by atoms with Crippen LogP contribution in [0.1, 0.15) is 15.9 Å². The van der Waals surface area contributed by atoms with Gasteiger partial charge in [-0.05, 0) is 59.7 Å². The summed E-state index contributed by atoms with van der Waals surface area (Å²) in [6.07, 6.45) is 0.0215. The molecule has 0 fully saturated rings. The second-order valence-corrected chi connectivity index (χ2v) is 10.3. The first-order valence-corrected chi connectivity index (χ1v) is 13.7. The van der Waals surface area contributed by atoms with Crippen molar-refractivity contribution in [3.8, 4) is 33.9 Å². The maximum atomic E-state index is 13.0. The van der Waals surface area contributed by atoms with E-state index in [9.17, 15) is 28.9 Å². The normalized spacial score (nSPS) is 13.4. The van der Waals surface area contributed by atoms with Crippen LogP contribution in [0.25, 0.3) is 33.4 Å². The average molecular weight is 573 g/mol. The number of nitrogens with one attached hydrogen (secondary N) is 1. The summed E-state index contributed by atoms with van der Waals surface area (Å²) in [7, 11) is -4.96. The standard InChI is InChI=1S/C29H23N2O9P/c30-28(34)24(13-16-1-9-21(10-2-16)40-41(36,37)38)31-29(35)18-5-3-17(4-6-18)27-22-11-7-19(32)14-25(22)39-26-15-20(33)8-12-23(26)27/h1-12,14-15,24,32H,13H2,(H2,30,34)(H,31,35)(H2,36,37,38)/p-1. The summed E-state index contributed by atoms with van der Waals surface area (Å²) in [5.74, 6) is -1.10. The zero-order chi connectivity index (χ0) is 29.3. The van der Waals surface area contributed by atoms with Gasteiger partial charge >= 0.3 is 7.82 Å². The molecule has 0 radical (unpaired) electrons. The van der Waals surface area contributed by atoms with Crippen LogP contribution < -0.4 is 25.9 Å². The van der Waals surface area contributed by atoms with E-state index in [0.717, 1.165) is 11.1 Å². The number of primary amides is 1. The minimum absolute atomic E-state index is 0.00330. The third-order valence-corrected chi connectivity index (χ3v) is 6.79. The SMILES string of the molecule is NC(=O)C(Cc1ccc(OP(=O)([O-])O)cc1)NC(=O)c1ccc(-c2c3ccc(=O)cc-3oc3cc(O)ccc23)cc1. The van der Waals surface area contributed by atoms with E-state index >= 15 is 0 Å². The van der Waals surface area contributed by atoms with Gasteiger partial charge in [0.25, 0.3) is 5.91 Å². The Labute approximate surface area is 232 Å². The first-order valence-electron chi connectivity index (χ1n) is 12.2. The largest absolute Gasteiger partial charge is 0.746 e. The van der Waals surface area contributed by atoms with Crippen LogP contribution in [0.3, 0.4) is 0 Å². The maximum Gasteiger partial charge on any atom is 0.317 e. The van der Waals surface area contributed by atoms with Gasteiger partial charge in [-0.2, -0.15) is 0 Å². The van der Waals surface area contributed by atoms with Gasteiger partial charge < -0.3 is 34.9 Å². The number of carbonyl (C=O) groups excluding carboxylic acids is 2. The number of hydrogen-bond donors (Lipinski definition) is 4. The molecule has 2 atom stereocenters. The molecule has 5 rings (SSSR count). The molecule has 0 saturated heterocycles. The predicted molar refractivity (Wildman–Crippen MR) is 147 cm³/mol. The van der Waals surface area contributed by atoms with Crippen molar-refractivity contribution in [2.24, 2.45) is 5.73 Å². The zero-order valence-electron chi connectivity index (χ0n) is 21.1. The average Bonchev–Trinajstić information content (AvgIpc) is 2.91. The van der Waals surface area contributed by atoms with E-state index in [0.29, 0.717) is 27.9 Å². The van der Waals surface area contributed by atoms with Crippen LogP contribution in [0.5, 0.6) is 11.5 Å². The Kier molecular flexibility index (Phi) is 7.34. The zero-order valence-corrected chi connectivity index (χ0v) is 22.0. The molecule has 1 aliphatic carbocycles. The molecule has 1 aliphatic heterocycles. The minimum atomic E-state index is -4.96. The van der Waals surface area contributed by atoms with Gasteiger partial charge in [0.1, 0.15) is 28.9 Å². The lowest BCUT2D eigenvalue weighted by molar-refractivity contribution is -0.211. The number of phenols is 1. The fraction of sp³-hybridized carbons (Fsp3) is 0.0690. The second-order valence-electron chi connectivity index (χ2n) is 9.23. The van der Waals surface area contributed by atoms with Gasteiger partial charge in [0.15, 0.2) is 5.43 Å². The highest BCUT2D eigenvalue weighted by atomic mass is 31.2. The lowest BCUT2D eigenvalue weighted by atomic mass is 9.93. The van der Waals surface area contributed by atoms with Crippen molar-refractivity contribution in [1.29, 1.82) is 0 Å². The van der Waals surface area contributed by atoms with Crippen molar-refractivity contribution >= 4 is 30.6 Å². The highest BCUT2D eigenvalue weighted by Gasteiger charge is 2.21. The summed E-state index contributed by atoms with van der Waals surface area (Å²) in [5.41, 5.74) is 8.59. The van der Waals surface area contributed by atoms with E-state index in [1.807, 2.05) is 0 Å². The lowest BCUT2D eigenvalue weighted by Gasteiger charge is -2.18. The summed E-state index contributed by atoms with van der Waals surface area (Å²) in [6.45, 7) is 0. The van der Waals surface area contributed by atoms with Gasteiger partial charge in [-0.3, -0.25) is 18.9 Å². The van der Waals surface area contributed by atoms with Crippen molar-refractivity contribution < 1.29 is 38.0 Å². The van der Waals surface area contributed by atoms with Crippen LogP contribution >= 0.6 is 7.82 Å². The molecule has 0 bridgehead atoms. The molecule has 0 saturated carbocycles. The Morgan fingerprint density at radius 1 is 1.00 bits per heavy atom. The van der Waals surface area contributed by atoms with Crippen molar-refractivity contribution in [1.82, 2.24) is 5.32 Å². The summed E-state index contributed by atoms with van der Waals surface area (Å²) in [4.78, 5) is 56.7. The number of nitrogens with two attached hydrogens (primary N) is 1. The van der Waals surface area contributed by atoms with Crippen LogP contribution in [-0.4, -0.2) is 27.9 Å². The van der Waals surface area contributed by atoms with Crippen molar-refractivity contribution in [3.05, 3.63) is 106 Å². The Morgan fingerprint density at radius 3 is 2.37 bits per heavy atom. The van der Waals surface area contributed by atoms with Gasteiger partial charge in [0.2, 0.25) is 5.91 Å². The number of benzene rings is 4. The van der Waals surface area contributed by atoms with E-state index in [2.05, 4.69) is 9.84 Å². The second kappa shape index (κ2) is 10.9. The molecule has 41 heavy (non-hydrogen) atoms. The predicted octanol–water partition coefficient (Wildman–Crippen LogP) is 2.94. The highest BCUT2D eigenvalue weighted by molar-refractivity contribution is 7.45. The Morgan fingerprint density at radius 2 is 1.71 bits per heavy atom. The number of rotatable bonds is 8. The molecule has 0 aromatic heterocycles. The molecule has 2 aliphatic rings. The number of amides is 2. The van der Waals surface area contributed by atoms with E-state index in [4.69, 9.17) is 15.0 Å². The van der Waals surface area contributed by atoms with Crippen LogP contribution in [0.2, 0.25) is 0 Å². The van der Waals surface area contributed by atoms with Crippen molar-refractivity contribution in [2.75, 3.05) is 0 Å². The molecule has 1 heterocycles. The van der Waals surface area contributed by atoms with Gasteiger partial charge in [0, 0.05) is 40.6 Å². The number of phosphoric acid groups is 1. The molecule has 0 spiro atoms. The number of fused-ring (bicyclic) bond motifs is 2. The molecule has 2 amide bonds. The Balaban J connectivity index is 1.39. The number of hydrogen-bond acceptors (Lipinski definition) is 8. The van der Waals surface area contributed by atoms with Crippen molar-refractivity contribution in [3.63, 3.8) is 0 Å². The molecule has 208 valence electrons. The number of carbonyl (C=O) groups is 2.